The topological polar surface area (TPSA) is 33.6 Å². The zero-order valence-electron chi connectivity index (χ0n) is 12.3. The maximum Gasteiger partial charge on any atom is 0.128 e. The average Bonchev–Trinajstić information content (AvgIpc) is 2.56. The van der Waals surface area contributed by atoms with Crippen molar-refractivity contribution in [3.05, 3.63) is 89.4 Å². The summed E-state index contributed by atoms with van der Waals surface area (Å²) >= 11 is 5.93. The van der Waals surface area contributed by atoms with Gasteiger partial charge in [-0.2, -0.15) is 5.10 Å². The highest BCUT2D eigenvalue weighted by molar-refractivity contribution is 6.30. The first-order valence-corrected chi connectivity index (χ1v) is 7.55. The number of hydrazone groups is 1. The Balaban J connectivity index is 1.66. The van der Waals surface area contributed by atoms with Gasteiger partial charge in [-0.15, -0.1) is 0 Å². The van der Waals surface area contributed by atoms with Crippen LogP contribution in [0.15, 0.2) is 84.0 Å². The van der Waals surface area contributed by atoms with Crippen molar-refractivity contribution in [1.82, 2.24) is 0 Å². The highest BCUT2D eigenvalue weighted by Crippen LogP contribution is 2.21. The lowest BCUT2D eigenvalue weighted by molar-refractivity contribution is 0.482. The Hall–Kier alpha value is -2.78. The Labute approximate surface area is 140 Å². The third-order valence-electron chi connectivity index (χ3n) is 3.07. The summed E-state index contributed by atoms with van der Waals surface area (Å²) in [6, 6.07) is 24.8. The first-order valence-electron chi connectivity index (χ1n) is 7.17. The second-order valence-electron chi connectivity index (χ2n) is 4.87. The average molecular weight is 323 g/mol. The molecule has 3 nitrogen and oxygen atoms in total. The molecule has 0 aromatic heterocycles. The number of para-hydroxylation sites is 1. The molecule has 0 aliphatic rings. The molecule has 0 aliphatic heterocycles. The predicted octanol–water partition coefficient (Wildman–Crippen LogP) is 5.58. The Morgan fingerprint density at radius 3 is 2.43 bits per heavy atom. The lowest BCUT2D eigenvalue weighted by Crippen LogP contribution is -1.91. The van der Waals surface area contributed by atoms with Gasteiger partial charge in [-0.1, -0.05) is 48.0 Å². The van der Waals surface area contributed by atoms with Crippen LogP contribution in [0.1, 0.15) is 5.56 Å². The van der Waals surface area contributed by atoms with E-state index >= 15 is 0 Å². The van der Waals surface area contributed by atoms with Crippen LogP contribution < -0.4 is 10.2 Å². The summed E-state index contributed by atoms with van der Waals surface area (Å²) in [6.07, 6.45) is 1.73. The monoisotopic (exact) mass is 322 g/mol. The Kier molecular flexibility index (Phi) is 4.92. The Morgan fingerprint density at radius 1 is 0.826 bits per heavy atom. The molecule has 1 N–H and O–H groups in total. The number of benzene rings is 3. The molecule has 3 aromatic rings. The summed E-state index contributed by atoms with van der Waals surface area (Å²) in [6.45, 7) is 0. The van der Waals surface area contributed by atoms with E-state index in [0.717, 1.165) is 22.7 Å². The van der Waals surface area contributed by atoms with Crippen molar-refractivity contribution in [2.45, 2.75) is 0 Å². The van der Waals surface area contributed by atoms with E-state index < -0.39 is 0 Å². The van der Waals surface area contributed by atoms with E-state index in [0.29, 0.717) is 5.02 Å². The van der Waals surface area contributed by atoms with Crippen LogP contribution in [0.4, 0.5) is 5.69 Å². The summed E-state index contributed by atoms with van der Waals surface area (Å²) in [5.41, 5.74) is 4.72. The molecule has 3 rings (SSSR count). The van der Waals surface area contributed by atoms with Crippen molar-refractivity contribution in [3.63, 3.8) is 0 Å². The number of hydrogen-bond donors (Lipinski definition) is 1. The lowest BCUT2D eigenvalue weighted by atomic mass is 10.2. The quantitative estimate of drug-likeness (QED) is 0.491. The van der Waals surface area contributed by atoms with Crippen molar-refractivity contribution < 1.29 is 4.74 Å². The maximum atomic E-state index is 5.93. The number of nitrogens with one attached hydrogen (secondary N) is 1. The molecule has 0 bridgehead atoms. The molecular formula is C19H15ClN2O. The summed E-state index contributed by atoms with van der Waals surface area (Å²) in [7, 11) is 0. The van der Waals surface area contributed by atoms with Crippen molar-refractivity contribution in [3.8, 4) is 11.5 Å². The van der Waals surface area contributed by atoms with Crippen LogP contribution in [0.25, 0.3) is 0 Å². The molecule has 0 spiro atoms. The van der Waals surface area contributed by atoms with Crippen molar-refractivity contribution in [2.24, 2.45) is 5.10 Å². The fourth-order valence-electron chi connectivity index (χ4n) is 2.02. The fraction of sp³-hybridized carbons (Fsp3) is 0. The molecule has 3 aromatic carbocycles. The van der Waals surface area contributed by atoms with Gasteiger partial charge in [-0.05, 0) is 48.0 Å². The van der Waals surface area contributed by atoms with Crippen LogP contribution >= 0.6 is 11.6 Å². The second-order valence-corrected chi connectivity index (χ2v) is 5.30. The fourth-order valence-corrected chi connectivity index (χ4v) is 2.21. The molecule has 0 saturated carbocycles. The number of hydrogen-bond acceptors (Lipinski definition) is 3. The molecule has 0 saturated heterocycles. The summed E-state index contributed by atoms with van der Waals surface area (Å²) in [5, 5.41) is 4.88. The Bertz CT molecular complexity index is 803. The lowest BCUT2D eigenvalue weighted by Gasteiger charge is -2.06. The van der Waals surface area contributed by atoms with Gasteiger partial charge < -0.3 is 4.74 Å². The van der Waals surface area contributed by atoms with Crippen molar-refractivity contribution in [1.29, 1.82) is 0 Å². The normalized spacial score (nSPS) is 10.7. The van der Waals surface area contributed by atoms with Crippen LogP contribution in [0, 0.1) is 0 Å². The van der Waals surface area contributed by atoms with Gasteiger partial charge in [0.25, 0.3) is 0 Å². The van der Waals surface area contributed by atoms with Crippen LogP contribution in [-0.4, -0.2) is 6.21 Å². The molecular weight excluding hydrogens is 308 g/mol. The minimum atomic E-state index is 0.670. The van der Waals surface area contributed by atoms with Gasteiger partial charge >= 0.3 is 0 Å². The molecule has 0 atom stereocenters. The van der Waals surface area contributed by atoms with E-state index in [1.54, 1.807) is 6.21 Å². The van der Waals surface area contributed by atoms with Gasteiger partial charge in [0.05, 0.1) is 11.9 Å². The molecule has 0 fully saturated rings. The van der Waals surface area contributed by atoms with Crippen molar-refractivity contribution >= 4 is 23.5 Å². The zero-order chi connectivity index (χ0) is 15.9. The molecule has 23 heavy (non-hydrogen) atoms. The molecule has 0 radical (unpaired) electrons. The van der Waals surface area contributed by atoms with E-state index in [1.165, 1.54) is 0 Å². The van der Waals surface area contributed by atoms with Gasteiger partial charge in [0.2, 0.25) is 0 Å². The van der Waals surface area contributed by atoms with Crippen LogP contribution in [0.3, 0.4) is 0 Å². The molecule has 0 unspecified atom stereocenters. The minimum absolute atomic E-state index is 0.670. The van der Waals surface area contributed by atoms with Gasteiger partial charge in [-0.3, -0.25) is 5.43 Å². The number of nitrogens with zero attached hydrogens (tertiary/aromatic N) is 1. The highest BCUT2D eigenvalue weighted by Gasteiger charge is 1.97. The smallest absolute Gasteiger partial charge is 0.128 e. The van der Waals surface area contributed by atoms with Gasteiger partial charge in [-0.25, -0.2) is 0 Å². The highest BCUT2D eigenvalue weighted by atomic mass is 35.5. The zero-order valence-corrected chi connectivity index (χ0v) is 13.1. The first-order chi connectivity index (χ1) is 11.3. The number of rotatable bonds is 5. The van der Waals surface area contributed by atoms with E-state index in [1.807, 2.05) is 78.9 Å². The molecule has 0 aliphatic carbocycles. The van der Waals surface area contributed by atoms with Gasteiger partial charge in [0.1, 0.15) is 11.5 Å². The van der Waals surface area contributed by atoms with E-state index in [-0.39, 0.29) is 0 Å². The predicted molar refractivity (Wildman–Crippen MR) is 95.6 cm³/mol. The summed E-state index contributed by atoms with van der Waals surface area (Å²) < 4.78 is 5.80. The van der Waals surface area contributed by atoms with Gasteiger partial charge in [0.15, 0.2) is 0 Å². The first kappa shape index (κ1) is 15.1. The minimum Gasteiger partial charge on any atom is -0.457 e. The van der Waals surface area contributed by atoms with E-state index in [9.17, 15) is 0 Å². The molecule has 0 heterocycles. The SMILES string of the molecule is Clc1cccc(N/N=C\c2cccc(Oc3ccccc3)c2)c1. The maximum absolute atomic E-state index is 5.93. The van der Waals surface area contributed by atoms with Gasteiger partial charge in [0, 0.05) is 5.02 Å². The van der Waals surface area contributed by atoms with Crippen LogP contribution in [0.2, 0.25) is 5.02 Å². The van der Waals surface area contributed by atoms with E-state index in [2.05, 4.69) is 10.5 Å². The summed E-state index contributed by atoms with van der Waals surface area (Å²) in [5.74, 6) is 1.57. The number of anilines is 1. The third kappa shape index (κ3) is 4.59. The summed E-state index contributed by atoms with van der Waals surface area (Å²) in [4.78, 5) is 0. The Morgan fingerprint density at radius 2 is 1.61 bits per heavy atom. The molecule has 4 heteroatoms. The van der Waals surface area contributed by atoms with E-state index in [4.69, 9.17) is 16.3 Å². The molecule has 0 amide bonds. The standard InChI is InChI=1S/C19H15ClN2O/c20-16-7-5-8-17(13-16)22-21-14-15-6-4-11-19(12-15)23-18-9-2-1-3-10-18/h1-14,22H/b21-14-. The largest absolute Gasteiger partial charge is 0.457 e. The van der Waals surface area contributed by atoms with Crippen molar-refractivity contribution in [2.75, 3.05) is 5.43 Å². The number of halogens is 1. The van der Waals surface area contributed by atoms with Crippen LogP contribution in [0.5, 0.6) is 11.5 Å². The second kappa shape index (κ2) is 7.47. The molecule has 114 valence electrons. The third-order valence-corrected chi connectivity index (χ3v) is 3.30. The number of ether oxygens (including phenoxy) is 1. The van der Waals surface area contributed by atoms with Crippen LogP contribution in [-0.2, 0) is 0 Å².